The lowest BCUT2D eigenvalue weighted by Crippen LogP contribution is -2.07. The fourth-order valence-corrected chi connectivity index (χ4v) is 3.84. The van der Waals surface area contributed by atoms with Crippen molar-refractivity contribution in [2.24, 2.45) is 0 Å². The van der Waals surface area contributed by atoms with Gasteiger partial charge in [-0.15, -0.1) is 0 Å². The third-order valence-corrected chi connectivity index (χ3v) is 5.21. The summed E-state index contributed by atoms with van der Waals surface area (Å²) in [6.45, 7) is 3.75. The normalized spacial score (nSPS) is 12.3. The number of aryl methyl sites for hydroxylation is 1. The number of ether oxygens (including phenoxy) is 2. The Kier molecular flexibility index (Phi) is 4.63. The molecule has 0 radical (unpaired) electrons. The number of hydrogen-bond donors (Lipinski definition) is 0. The SMILES string of the molecule is COc1ccc2c(c1)nc([S@@](=O)Cc1ncc(C)c(OC)c1C)n2[O-]. The Bertz CT molecular complexity index is 968. The molecule has 1 atom stereocenters. The smallest absolute Gasteiger partial charge is 0.195 e. The number of rotatable bonds is 5. The van der Waals surface area contributed by atoms with Gasteiger partial charge in [0.2, 0.25) is 0 Å². The molecule has 0 aliphatic heterocycles. The van der Waals surface area contributed by atoms with Gasteiger partial charge < -0.3 is 19.4 Å². The van der Waals surface area contributed by atoms with E-state index in [1.165, 1.54) is 7.11 Å². The number of hydrogen-bond acceptors (Lipinski definition) is 6. The van der Waals surface area contributed by atoms with E-state index in [1.54, 1.807) is 31.5 Å². The number of nitrogens with zero attached hydrogens (tertiary/aromatic N) is 3. The standard InChI is InChI=1S/C17H18N3O4S/c1-10-8-18-14(11(2)16(10)24-4)9-25(22)17-19-13-7-12(23-3)5-6-15(13)20(17)21/h5-8H,9H2,1-4H3/q-1/t25-/m0/s1. The minimum absolute atomic E-state index is 0.0380. The second-order valence-corrected chi connectivity index (χ2v) is 6.92. The summed E-state index contributed by atoms with van der Waals surface area (Å²) >= 11 is 0. The van der Waals surface area contributed by atoms with E-state index in [-0.39, 0.29) is 10.9 Å². The molecule has 2 aromatic heterocycles. The third kappa shape index (κ3) is 3.05. The second-order valence-electron chi connectivity index (χ2n) is 5.58. The van der Waals surface area contributed by atoms with Crippen LogP contribution < -0.4 is 9.47 Å². The number of benzene rings is 1. The van der Waals surface area contributed by atoms with E-state index in [4.69, 9.17) is 9.47 Å². The fraction of sp³-hybridized carbons (Fsp3) is 0.294. The predicted molar refractivity (Wildman–Crippen MR) is 95.4 cm³/mol. The number of aromatic nitrogens is 3. The Balaban J connectivity index is 1.97. The van der Waals surface area contributed by atoms with Crippen LogP contribution in [0.5, 0.6) is 11.5 Å². The van der Waals surface area contributed by atoms with Crippen LogP contribution in [-0.2, 0) is 16.6 Å². The lowest BCUT2D eigenvalue weighted by Gasteiger charge is -2.14. The summed E-state index contributed by atoms with van der Waals surface area (Å²) in [7, 11) is 1.49. The Morgan fingerprint density at radius 1 is 1.24 bits per heavy atom. The average Bonchev–Trinajstić information content (AvgIpc) is 2.94. The number of fused-ring (bicyclic) bond motifs is 1. The summed E-state index contributed by atoms with van der Waals surface area (Å²) in [6.07, 6.45) is 1.67. The number of methoxy groups -OCH3 is 2. The van der Waals surface area contributed by atoms with Crippen molar-refractivity contribution in [1.29, 1.82) is 0 Å². The van der Waals surface area contributed by atoms with Gasteiger partial charge in [-0.1, -0.05) is 0 Å². The van der Waals surface area contributed by atoms with Gasteiger partial charge in [0.15, 0.2) is 5.16 Å². The molecule has 132 valence electrons. The van der Waals surface area contributed by atoms with Crippen LogP contribution in [0.15, 0.2) is 29.6 Å². The third-order valence-electron chi connectivity index (χ3n) is 4.01. The molecule has 8 heteroatoms. The molecule has 0 aliphatic rings. The van der Waals surface area contributed by atoms with Crippen LogP contribution in [0.25, 0.3) is 11.0 Å². The Morgan fingerprint density at radius 3 is 2.68 bits per heavy atom. The van der Waals surface area contributed by atoms with Crippen LogP contribution in [0, 0.1) is 19.1 Å². The van der Waals surface area contributed by atoms with Gasteiger partial charge in [-0.3, -0.25) is 9.19 Å². The van der Waals surface area contributed by atoms with Crippen LogP contribution in [0.4, 0.5) is 0 Å². The van der Waals surface area contributed by atoms with Gasteiger partial charge in [0.25, 0.3) is 0 Å². The lowest BCUT2D eigenvalue weighted by atomic mass is 10.1. The van der Waals surface area contributed by atoms with Crippen LogP contribution >= 0.6 is 0 Å². The van der Waals surface area contributed by atoms with Crippen molar-refractivity contribution in [1.82, 2.24) is 14.7 Å². The van der Waals surface area contributed by atoms with Crippen LogP contribution in [-0.4, -0.2) is 33.1 Å². The Labute approximate surface area is 147 Å². The molecule has 0 bridgehead atoms. The van der Waals surface area contributed by atoms with E-state index < -0.39 is 10.8 Å². The summed E-state index contributed by atoms with van der Waals surface area (Å²) in [5.41, 5.74) is 3.13. The van der Waals surface area contributed by atoms with Crippen molar-refractivity contribution >= 4 is 21.8 Å². The van der Waals surface area contributed by atoms with Gasteiger partial charge in [0.05, 0.1) is 47.5 Å². The zero-order valence-corrected chi connectivity index (χ0v) is 15.2. The van der Waals surface area contributed by atoms with E-state index in [9.17, 15) is 9.42 Å². The first-order valence-corrected chi connectivity index (χ1v) is 8.89. The largest absolute Gasteiger partial charge is 0.804 e. The zero-order chi connectivity index (χ0) is 18.1. The average molecular weight is 360 g/mol. The second kappa shape index (κ2) is 6.72. The summed E-state index contributed by atoms with van der Waals surface area (Å²) in [6, 6.07) is 4.91. The van der Waals surface area contributed by atoms with Gasteiger partial charge in [-0.25, -0.2) is 4.98 Å². The molecular formula is C17H18N3O4S-. The lowest BCUT2D eigenvalue weighted by molar-refractivity contribution is 0.407. The maximum atomic E-state index is 12.7. The van der Waals surface area contributed by atoms with Crippen LogP contribution in [0.2, 0.25) is 0 Å². The van der Waals surface area contributed by atoms with Crippen LogP contribution in [0.3, 0.4) is 0 Å². The molecule has 25 heavy (non-hydrogen) atoms. The number of imidazole rings is 1. The molecular weight excluding hydrogens is 342 g/mol. The molecule has 0 amide bonds. The molecule has 0 N–H and O–H groups in total. The first-order chi connectivity index (χ1) is 12.0. The summed E-state index contributed by atoms with van der Waals surface area (Å²) in [4.78, 5) is 8.55. The van der Waals surface area contributed by atoms with Crippen molar-refractivity contribution in [2.75, 3.05) is 14.2 Å². The maximum Gasteiger partial charge on any atom is 0.195 e. The molecule has 0 fully saturated rings. The monoisotopic (exact) mass is 360 g/mol. The topological polar surface area (TPSA) is 89.3 Å². The molecule has 2 heterocycles. The van der Waals surface area contributed by atoms with Gasteiger partial charge in [0.1, 0.15) is 11.5 Å². The van der Waals surface area contributed by atoms with Crippen molar-refractivity contribution < 1.29 is 13.7 Å². The molecule has 0 aliphatic carbocycles. The van der Waals surface area contributed by atoms with E-state index in [1.807, 2.05) is 13.8 Å². The molecule has 0 spiro atoms. The van der Waals surface area contributed by atoms with Crippen molar-refractivity contribution in [2.45, 2.75) is 24.8 Å². The minimum Gasteiger partial charge on any atom is -0.804 e. The molecule has 0 saturated carbocycles. The minimum atomic E-state index is -1.63. The zero-order valence-electron chi connectivity index (χ0n) is 14.4. The van der Waals surface area contributed by atoms with Gasteiger partial charge in [0, 0.05) is 23.4 Å². The van der Waals surface area contributed by atoms with Crippen molar-refractivity contribution in [3.63, 3.8) is 0 Å². The summed E-state index contributed by atoms with van der Waals surface area (Å²) in [5.74, 6) is 1.39. The van der Waals surface area contributed by atoms with Gasteiger partial charge >= 0.3 is 0 Å². The van der Waals surface area contributed by atoms with Crippen molar-refractivity contribution in [3.05, 3.63) is 46.4 Å². The van der Waals surface area contributed by atoms with Crippen LogP contribution in [0.1, 0.15) is 16.8 Å². The molecule has 0 saturated heterocycles. The van der Waals surface area contributed by atoms with E-state index in [0.717, 1.165) is 11.1 Å². The van der Waals surface area contributed by atoms with Gasteiger partial charge in [-0.05, 0) is 26.0 Å². The molecule has 3 aromatic rings. The Morgan fingerprint density at radius 2 is 2.00 bits per heavy atom. The molecule has 7 nitrogen and oxygen atoms in total. The molecule has 1 aromatic carbocycles. The highest BCUT2D eigenvalue weighted by atomic mass is 32.2. The number of pyridine rings is 1. The summed E-state index contributed by atoms with van der Waals surface area (Å²) < 4.78 is 23.8. The van der Waals surface area contributed by atoms with Gasteiger partial charge in [-0.2, -0.15) is 0 Å². The molecule has 3 rings (SSSR count). The van der Waals surface area contributed by atoms with E-state index in [2.05, 4.69) is 9.97 Å². The quantitative estimate of drug-likeness (QED) is 0.695. The first kappa shape index (κ1) is 17.2. The highest BCUT2D eigenvalue weighted by molar-refractivity contribution is 7.84. The maximum absolute atomic E-state index is 12.7. The van der Waals surface area contributed by atoms with E-state index in [0.29, 0.717) is 33.0 Å². The van der Waals surface area contributed by atoms with Crippen molar-refractivity contribution in [3.8, 4) is 11.5 Å². The summed E-state index contributed by atoms with van der Waals surface area (Å²) in [5, 5.41) is 12.4. The molecule has 0 unspecified atom stereocenters. The first-order valence-electron chi connectivity index (χ1n) is 7.57. The highest BCUT2D eigenvalue weighted by Crippen LogP contribution is 2.27. The van der Waals surface area contributed by atoms with E-state index >= 15 is 0 Å². The predicted octanol–water partition coefficient (Wildman–Crippen LogP) is 2.72. The Hall–Kier alpha value is -2.61. The highest BCUT2D eigenvalue weighted by Gasteiger charge is 2.17. The fourth-order valence-electron chi connectivity index (χ4n) is 2.69.